The number of ether oxygens (including phenoxy) is 4. The molecule has 14 nitrogen and oxygen atoms in total. The normalized spacial score (nSPS) is 24.9. The number of anilines is 1. The van der Waals surface area contributed by atoms with Crippen LogP contribution in [-0.2, 0) is 34.1 Å². The lowest BCUT2D eigenvalue weighted by molar-refractivity contribution is -0.163. The van der Waals surface area contributed by atoms with E-state index < -0.39 is 66.1 Å². The molecule has 1 amide bonds. The summed E-state index contributed by atoms with van der Waals surface area (Å²) in [6, 6.07) is 3.93. The van der Waals surface area contributed by atoms with Gasteiger partial charge in [-0.2, -0.15) is 10.4 Å². The predicted molar refractivity (Wildman–Crippen MR) is 156 cm³/mol. The zero-order valence-electron chi connectivity index (χ0n) is 25.8. The van der Waals surface area contributed by atoms with E-state index in [1.165, 1.54) is 16.9 Å². The number of aliphatic hydroxyl groups is 1. The van der Waals surface area contributed by atoms with Crippen LogP contribution in [0.25, 0.3) is 5.52 Å². The molecule has 1 aliphatic carbocycles. The average molecular weight is 615 g/mol. The van der Waals surface area contributed by atoms with Crippen molar-refractivity contribution in [3.05, 3.63) is 24.2 Å². The van der Waals surface area contributed by atoms with E-state index in [2.05, 4.69) is 15.4 Å². The number of amides is 1. The Balaban J connectivity index is 1.60. The number of fused-ring (bicyclic) bond motifs is 1. The Hall–Kier alpha value is -3.96. The van der Waals surface area contributed by atoms with Gasteiger partial charge in [0.05, 0.1) is 5.69 Å². The van der Waals surface area contributed by atoms with Crippen LogP contribution in [0.2, 0.25) is 0 Å². The molecule has 4 rings (SSSR count). The molecule has 3 heterocycles. The van der Waals surface area contributed by atoms with Gasteiger partial charge in [-0.05, 0) is 57.6 Å². The van der Waals surface area contributed by atoms with Gasteiger partial charge < -0.3 is 35.1 Å². The number of alkyl carbamates (subject to hydrolysis) is 1. The minimum Gasteiger partial charge on any atom is -0.463 e. The summed E-state index contributed by atoms with van der Waals surface area (Å²) in [7, 11) is 0. The average Bonchev–Trinajstić information content (AvgIpc) is 3.50. The highest BCUT2D eigenvalue weighted by atomic mass is 16.6. The first-order valence-corrected chi connectivity index (χ1v) is 15.0. The summed E-state index contributed by atoms with van der Waals surface area (Å²) < 4.78 is 24.1. The summed E-state index contributed by atoms with van der Waals surface area (Å²) in [4.78, 5) is 42.7. The molecule has 14 heteroatoms. The highest BCUT2D eigenvalue weighted by molar-refractivity contribution is 5.82. The third-order valence-corrected chi connectivity index (χ3v) is 7.89. The molecule has 0 bridgehead atoms. The Labute approximate surface area is 256 Å². The molecule has 44 heavy (non-hydrogen) atoms. The Kier molecular flexibility index (Phi) is 10.00. The number of nitrogens with two attached hydrogens (primary N) is 1. The fourth-order valence-electron chi connectivity index (χ4n) is 5.68. The lowest BCUT2D eigenvalue weighted by Crippen LogP contribution is -2.50. The molecule has 0 radical (unpaired) electrons. The van der Waals surface area contributed by atoms with Crippen molar-refractivity contribution in [2.24, 2.45) is 11.8 Å². The molecule has 1 saturated heterocycles. The summed E-state index contributed by atoms with van der Waals surface area (Å²) in [5.74, 6) is -1.42. The summed E-state index contributed by atoms with van der Waals surface area (Å²) in [5, 5.41) is 28.8. The molecule has 2 aliphatic rings. The fourth-order valence-corrected chi connectivity index (χ4v) is 5.68. The number of esters is 2. The molecule has 2 aromatic heterocycles. The third-order valence-electron chi connectivity index (χ3n) is 7.89. The number of hydrogen-bond acceptors (Lipinski definition) is 12. The van der Waals surface area contributed by atoms with Crippen molar-refractivity contribution in [3.63, 3.8) is 0 Å². The van der Waals surface area contributed by atoms with Gasteiger partial charge in [-0.1, -0.05) is 33.1 Å². The quantitative estimate of drug-likeness (QED) is 0.276. The van der Waals surface area contributed by atoms with Gasteiger partial charge in [0.15, 0.2) is 11.9 Å². The third kappa shape index (κ3) is 7.22. The van der Waals surface area contributed by atoms with Crippen LogP contribution in [0.1, 0.15) is 78.8 Å². The molecule has 1 aliphatic heterocycles. The number of nitriles is 1. The lowest BCUT2D eigenvalue weighted by Gasteiger charge is -2.28. The van der Waals surface area contributed by atoms with Gasteiger partial charge >= 0.3 is 18.0 Å². The van der Waals surface area contributed by atoms with Crippen LogP contribution in [0.3, 0.4) is 0 Å². The van der Waals surface area contributed by atoms with Crippen LogP contribution in [0, 0.1) is 23.2 Å². The van der Waals surface area contributed by atoms with Gasteiger partial charge in [-0.25, -0.2) is 19.1 Å². The minimum atomic E-state index is -2.09. The number of aromatic nitrogens is 3. The molecule has 2 aromatic rings. The van der Waals surface area contributed by atoms with Crippen molar-refractivity contribution >= 4 is 29.4 Å². The van der Waals surface area contributed by atoms with Gasteiger partial charge in [-0.3, -0.25) is 4.79 Å². The van der Waals surface area contributed by atoms with Crippen LogP contribution in [0.15, 0.2) is 18.5 Å². The SMILES string of the molecule is CC(C)[C@@H](NC(=O)OC(C)(C)C)C(=O)O[C@H]1[C@@H](O)[C@](C#N)(c2ccc3c(N)ncnn23)O[C@@H]1COC(=O)CC1CCCCC1. The molecule has 0 spiro atoms. The molecule has 5 atom stereocenters. The smallest absolute Gasteiger partial charge is 0.408 e. The molecule has 4 N–H and O–H groups in total. The van der Waals surface area contributed by atoms with E-state index in [-0.39, 0.29) is 23.9 Å². The van der Waals surface area contributed by atoms with Crippen molar-refractivity contribution < 1.29 is 38.4 Å². The van der Waals surface area contributed by atoms with E-state index in [4.69, 9.17) is 24.7 Å². The molecule has 1 saturated carbocycles. The summed E-state index contributed by atoms with van der Waals surface area (Å²) in [6.45, 7) is 8.07. The number of rotatable bonds is 9. The van der Waals surface area contributed by atoms with E-state index in [1.807, 2.05) is 6.07 Å². The van der Waals surface area contributed by atoms with E-state index in [9.17, 15) is 24.8 Å². The monoisotopic (exact) mass is 614 g/mol. The van der Waals surface area contributed by atoms with Crippen LogP contribution >= 0.6 is 0 Å². The summed E-state index contributed by atoms with van der Waals surface area (Å²) in [5.41, 5.74) is 3.55. The number of aliphatic hydroxyl groups excluding tert-OH is 1. The Morgan fingerprint density at radius 1 is 1.25 bits per heavy atom. The first-order valence-electron chi connectivity index (χ1n) is 15.0. The van der Waals surface area contributed by atoms with Crippen molar-refractivity contribution in [2.75, 3.05) is 12.3 Å². The molecule has 0 unspecified atom stereocenters. The van der Waals surface area contributed by atoms with Gasteiger partial charge in [-0.15, -0.1) is 0 Å². The molecule has 0 aromatic carbocycles. The molecule has 240 valence electrons. The standard InChI is InChI=1S/C30H42N6O8/c1-17(2)23(35-28(40)44-29(3,4)5)27(39)42-24-20(14-41-22(37)13-18-9-7-6-8-10-18)43-30(15-31,25(24)38)21-12-11-19-26(32)33-16-34-36(19)21/h11-12,16-18,20,23-25,38H,6-10,13-14H2,1-5H3,(H,35,40)(H2,32,33,34)/t20-,23-,24-,25-,30+/m1/s1. The van der Waals surface area contributed by atoms with E-state index in [1.54, 1.807) is 40.7 Å². The van der Waals surface area contributed by atoms with Gasteiger partial charge in [0, 0.05) is 6.42 Å². The second-order valence-corrected chi connectivity index (χ2v) is 12.8. The van der Waals surface area contributed by atoms with Crippen LogP contribution in [-0.4, -0.2) is 74.3 Å². The second kappa shape index (κ2) is 13.4. The Morgan fingerprint density at radius 3 is 2.59 bits per heavy atom. The first-order chi connectivity index (χ1) is 20.8. The van der Waals surface area contributed by atoms with Crippen LogP contribution in [0.4, 0.5) is 10.6 Å². The lowest BCUT2D eigenvalue weighted by atomic mass is 9.87. The van der Waals surface area contributed by atoms with Crippen molar-refractivity contribution in [1.82, 2.24) is 19.9 Å². The number of nitrogen functional groups attached to an aromatic ring is 1. The van der Waals surface area contributed by atoms with Crippen LogP contribution < -0.4 is 11.1 Å². The number of carbonyl (C=O) groups excluding carboxylic acids is 3. The zero-order chi connectivity index (χ0) is 32.2. The van der Waals surface area contributed by atoms with E-state index in [0.29, 0.717) is 5.52 Å². The van der Waals surface area contributed by atoms with Crippen molar-refractivity contribution in [3.8, 4) is 6.07 Å². The Bertz CT molecular complexity index is 1390. The van der Waals surface area contributed by atoms with Crippen molar-refractivity contribution in [2.45, 2.75) is 109 Å². The van der Waals surface area contributed by atoms with Gasteiger partial charge in [0.25, 0.3) is 0 Å². The molecular weight excluding hydrogens is 572 g/mol. The van der Waals surface area contributed by atoms with E-state index >= 15 is 0 Å². The van der Waals surface area contributed by atoms with Crippen LogP contribution in [0.5, 0.6) is 0 Å². The summed E-state index contributed by atoms with van der Waals surface area (Å²) in [6.07, 6.45) is 1.31. The molecular formula is C30H42N6O8. The number of hydrogen-bond donors (Lipinski definition) is 3. The maximum absolute atomic E-state index is 13.5. The summed E-state index contributed by atoms with van der Waals surface area (Å²) >= 11 is 0. The Morgan fingerprint density at radius 2 is 1.95 bits per heavy atom. The van der Waals surface area contributed by atoms with Gasteiger partial charge in [0.1, 0.15) is 48.4 Å². The highest BCUT2D eigenvalue weighted by Gasteiger charge is 2.60. The minimum absolute atomic E-state index is 0.112. The maximum atomic E-state index is 13.5. The second-order valence-electron chi connectivity index (χ2n) is 12.8. The number of carbonyl (C=O) groups is 3. The van der Waals surface area contributed by atoms with Crippen molar-refractivity contribution in [1.29, 1.82) is 5.26 Å². The predicted octanol–water partition coefficient (Wildman–Crippen LogP) is 2.76. The van der Waals surface area contributed by atoms with E-state index in [0.717, 1.165) is 32.1 Å². The first kappa shape index (κ1) is 32.9. The maximum Gasteiger partial charge on any atom is 0.408 e. The highest BCUT2D eigenvalue weighted by Crippen LogP contribution is 2.42. The zero-order valence-corrected chi connectivity index (χ0v) is 25.8. The number of nitrogens with zero attached hydrogens (tertiary/aromatic N) is 4. The number of nitrogens with one attached hydrogen (secondary N) is 1. The largest absolute Gasteiger partial charge is 0.463 e. The molecule has 2 fully saturated rings. The topological polar surface area (TPSA) is 200 Å². The van der Waals surface area contributed by atoms with Gasteiger partial charge in [0.2, 0.25) is 5.60 Å². The fraction of sp³-hybridized carbons (Fsp3) is 0.667.